The van der Waals surface area contributed by atoms with Gasteiger partial charge in [0.05, 0.1) is 6.33 Å². The number of anilines is 2. The van der Waals surface area contributed by atoms with Crippen LogP contribution >= 0.6 is 0 Å². The summed E-state index contributed by atoms with van der Waals surface area (Å²) in [5, 5.41) is 6.45. The number of imidazole rings is 1. The Hall–Kier alpha value is -2.67. The van der Waals surface area contributed by atoms with Crippen LogP contribution in [-0.2, 0) is 13.6 Å². The summed E-state index contributed by atoms with van der Waals surface area (Å²) in [5.74, 6) is 1.27. The van der Waals surface area contributed by atoms with Gasteiger partial charge in [-0.25, -0.2) is 4.98 Å². The lowest BCUT2D eigenvalue weighted by Crippen LogP contribution is -2.15. The third-order valence-corrected chi connectivity index (χ3v) is 3.29. The molecule has 0 amide bonds. The fourth-order valence-electron chi connectivity index (χ4n) is 2.17. The quantitative estimate of drug-likeness (QED) is 0.636. The standard InChI is InChI=1S/C15H19N7/c1-22-10-19-12-13(18-9-11-5-3-2-4-6-11)20-15(17-8-7-16)21-14(12)22/h2-6,10H,7-9,16H2,1H3,(H2,17,18,20,21). The van der Waals surface area contributed by atoms with Gasteiger partial charge in [0.1, 0.15) is 0 Å². The smallest absolute Gasteiger partial charge is 0.226 e. The molecular weight excluding hydrogens is 278 g/mol. The molecule has 3 aromatic rings. The largest absolute Gasteiger partial charge is 0.364 e. The molecule has 1 aromatic carbocycles. The molecule has 0 atom stereocenters. The molecule has 0 unspecified atom stereocenters. The highest BCUT2D eigenvalue weighted by atomic mass is 15.2. The van der Waals surface area contributed by atoms with E-state index in [0.29, 0.717) is 31.4 Å². The summed E-state index contributed by atoms with van der Waals surface area (Å²) in [4.78, 5) is 13.3. The normalized spacial score (nSPS) is 10.8. The average Bonchev–Trinajstić information content (AvgIpc) is 2.93. The number of nitrogens with two attached hydrogens (primary N) is 1. The van der Waals surface area contributed by atoms with Crippen LogP contribution in [0.3, 0.4) is 0 Å². The van der Waals surface area contributed by atoms with E-state index in [1.54, 1.807) is 6.33 Å². The SMILES string of the molecule is Cn1cnc2c(NCc3ccccc3)nc(NCCN)nc21. The number of hydrogen-bond donors (Lipinski definition) is 3. The maximum absolute atomic E-state index is 5.52. The van der Waals surface area contributed by atoms with Crippen LogP contribution in [0.15, 0.2) is 36.7 Å². The van der Waals surface area contributed by atoms with Gasteiger partial charge < -0.3 is 20.9 Å². The first-order valence-electron chi connectivity index (χ1n) is 7.18. The molecule has 0 saturated carbocycles. The maximum Gasteiger partial charge on any atom is 0.226 e. The molecule has 0 radical (unpaired) electrons. The summed E-state index contributed by atoms with van der Waals surface area (Å²) in [6, 6.07) is 10.2. The van der Waals surface area contributed by atoms with Crippen molar-refractivity contribution >= 4 is 22.9 Å². The van der Waals surface area contributed by atoms with E-state index in [2.05, 4.69) is 37.7 Å². The van der Waals surface area contributed by atoms with Gasteiger partial charge in [0.15, 0.2) is 17.0 Å². The highest BCUT2D eigenvalue weighted by Gasteiger charge is 2.11. The van der Waals surface area contributed by atoms with Crippen LogP contribution in [0.4, 0.5) is 11.8 Å². The molecule has 2 aromatic heterocycles. The van der Waals surface area contributed by atoms with E-state index < -0.39 is 0 Å². The van der Waals surface area contributed by atoms with Gasteiger partial charge >= 0.3 is 0 Å². The van der Waals surface area contributed by atoms with Gasteiger partial charge in [-0.1, -0.05) is 30.3 Å². The minimum absolute atomic E-state index is 0.527. The van der Waals surface area contributed by atoms with Crippen LogP contribution in [0.1, 0.15) is 5.56 Å². The highest BCUT2D eigenvalue weighted by molar-refractivity contribution is 5.84. The summed E-state index contributed by atoms with van der Waals surface area (Å²) in [5.41, 5.74) is 8.25. The van der Waals surface area contributed by atoms with E-state index in [1.165, 1.54) is 5.56 Å². The molecular formula is C15H19N7. The third kappa shape index (κ3) is 2.99. The van der Waals surface area contributed by atoms with Crippen LogP contribution in [0.5, 0.6) is 0 Å². The molecule has 0 aliphatic rings. The predicted octanol–water partition coefficient (Wildman–Crippen LogP) is 1.35. The number of hydrogen-bond acceptors (Lipinski definition) is 6. The molecule has 7 nitrogen and oxygen atoms in total. The lowest BCUT2D eigenvalue weighted by molar-refractivity contribution is 0.923. The third-order valence-electron chi connectivity index (χ3n) is 3.29. The molecule has 22 heavy (non-hydrogen) atoms. The first-order valence-corrected chi connectivity index (χ1v) is 7.18. The summed E-state index contributed by atoms with van der Waals surface area (Å²) < 4.78 is 1.87. The zero-order valence-corrected chi connectivity index (χ0v) is 12.5. The Morgan fingerprint density at radius 2 is 1.95 bits per heavy atom. The van der Waals surface area contributed by atoms with Crippen molar-refractivity contribution < 1.29 is 0 Å². The summed E-state index contributed by atoms with van der Waals surface area (Å²) in [6.07, 6.45) is 1.74. The number of aryl methyl sites for hydroxylation is 1. The molecule has 3 rings (SSSR count). The summed E-state index contributed by atoms with van der Waals surface area (Å²) in [7, 11) is 1.91. The summed E-state index contributed by atoms with van der Waals surface area (Å²) in [6.45, 7) is 1.83. The lowest BCUT2D eigenvalue weighted by Gasteiger charge is -2.09. The molecule has 4 N–H and O–H groups in total. The number of rotatable bonds is 6. The molecule has 0 bridgehead atoms. The zero-order valence-electron chi connectivity index (χ0n) is 12.5. The fourth-order valence-corrected chi connectivity index (χ4v) is 2.17. The monoisotopic (exact) mass is 297 g/mol. The van der Waals surface area contributed by atoms with Crippen molar-refractivity contribution in [2.24, 2.45) is 12.8 Å². The van der Waals surface area contributed by atoms with Gasteiger partial charge in [-0.3, -0.25) is 0 Å². The van der Waals surface area contributed by atoms with Crippen molar-refractivity contribution in [3.63, 3.8) is 0 Å². The van der Waals surface area contributed by atoms with Gasteiger partial charge in [-0.05, 0) is 5.56 Å². The van der Waals surface area contributed by atoms with Gasteiger partial charge in [0, 0.05) is 26.7 Å². The Bertz CT molecular complexity index is 751. The number of nitrogens with one attached hydrogen (secondary N) is 2. The maximum atomic E-state index is 5.52. The number of benzene rings is 1. The van der Waals surface area contributed by atoms with Gasteiger partial charge in [-0.2, -0.15) is 9.97 Å². The van der Waals surface area contributed by atoms with E-state index >= 15 is 0 Å². The van der Waals surface area contributed by atoms with Crippen molar-refractivity contribution in [2.75, 3.05) is 23.7 Å². The van der Waals surface area contributed by atoms with Crippen molar-refractivity contribution in [3.05, 3.63) is 42.2 Å². The predicted molar refractivity (Wildman–Crippen MR) is 87.6 cm³/mol. The van der Waals surface area contributed by atoms with Gasteiger partial charge in [0.25, 0.3) is 0 Å². The molecule has 2 heterocycles. The van der Waals surface area contributed by atoms with Crippen LogP contribution in [0.25, 0.3) is 11.2 Å². The second-order valence-electron chi connectivity index (χ2n) is 4.98. The Balaban J connectivity index is 1.89. The van der Waals surface area contributed by atoms with E-state index in [1.807, 2.05) is 29.8 Å². The fraction of sp³-hybridized carbons (Fsp3) is 0.267. The molecule has 114 valence electrons. The topological polar surface area (TPSA) is 93.7 Å². The first-order chi connectivity index (χ1) is 10.8. The molecule has 0 fully saturated rings. The Kier molecular flexibility index (Phi) is 4.15. The van der Waals surface area contributed by atoms with Gasteiger partial charge in [0.2, 0.25) is 5.95 Å². The van der Waals surface area contributed by atoms with Crippen molar-refractivity contribution in [3.8, 4) is 0 Å². The molecule has 0 saturated heterocycles. The minimum Gasteiger partial charge on any atom is -0.364 e. The van der Waals surface area contributed by atoms with Crippen LogP contribution < -0.4 is 16.4 Å². The second kappa shape index (κ2) is 6.40. The molecule has 7 heteroatoms. The van der Waals surface area contributed by atoms with Crippen LogP contribution in [0, 0.1) is 0 Å². The van der Waals surface area contributed by atoms with Crippen molar-refractivity contribution in [1.82, 2.24) is 19.5 Å². The lowest BCUT2D eigenvalue weighted by atomic mass is 10.2. The zero-order chi connectivity index (χ0) is 15.4. The van der Waals surface area contributed by atoms with Crippen LogP contribution in [0.2, 0.25) is 0 Å². The van der Waals surface area contributed by atoms with E-state index in [9.17, 15) is 0 Å². The number of nitrogens with zero attached hydrogens (tertiary/aromatic N) is 4. The number of fused-ring (bicyclic) bond motifs is 1. The number of aromatic nitrogens is 4. The van der Waals surface area contributed by atoms with E-state index in [4.69, 9.17) is 5.73 Å². The molecule has 0 aliphatic carbocycles. The second-order valence-corrected chi connectivity index (χ2v) is 4.98. The Morgan fingerprint density at radius 1 is 1.14 bits per heavy atom. The first kappa shape index (κ1) is 14.3. The van der Waals surface area contributed by atoms with E-state index in [0.717, 1.165) is 11.2 Å². The average molecular weight is 297 g/mol. The van der Waals surface area contributed by atoms with Crippen LogP contribution in [-0.4, -0.2) is 32.6 Å². The summed E-state index contributed by atoms with van der Waals surface area (Å²) >= 11 is 0. The van der Waals surface area contributed by atoms with Gasteiger partial charge in [-0.15, -0.1) is 0 Å². The minimum atomic E-state index is 0.527. The van der Waals surface area contributed by atoms with E-state index in [-0.39, 0.29) is 0 Å². The highest BCUT2D eigenvalue weighted by Crippen LogP contribution is 2.20. The van der Waals surface area contributed by atoms with Crippen molar-refractivity contribution in [1.29, 1.82) is 0 Å². The Labute approximate surface area is 128 Å². The molecule has 0 spiro atoms. The van der Waals surface area contributed by atoms with Crippen molar-refractivity contribution in [2.45, 2.75) is 6.54 Å². The molecule has 0 aliphatic heterocycles. The Morgan fingerprint density at radius 3 is 2.73 bits per heavy atom.